The molecule has 0 aromatic heterocycles. The zero-order chi connectivity index (χ0) is 18.5. The molecule has 2 unspecified atom stereocenters. The van der Waals surface area contributed by atoms with Gasteiger partial charge in [0.25, 0.3) is 0 Å². The number of amides is 1. The average molecular weight is 348 g/mol. The third kappa shape index (κ3) is 5.73. The molecule has 3 N–H and O–H groups in total. The molecule has 0 radical (unpaired) electrons. The quantitative estimate of drug-likeness (QED) is 0.770. The number of nitrogens with two attached hydrogens (primary N) is 1. The van der Waals surface area contributed by atoms with Crippen molar-refractivity contribution in [2.75, 3.05) is 19.0 Å². The van der Waals surface area contributed by atoms with Gasteiger partial charge in [-0.3, -0.25) is 4.79 Å². The van der Waals surface area contributed by atoms with Crippen molar-refractivity contribution < 1.29 is 32.2 Å². The Labute approximate surface area is 137 Å². The van der Waals surface area contributed by atoms with E-state index in [1.54, 1.807) is 13.8 Å². The zero-order valence-corrected chi connectivity index (χ0v) is 13.4. The lowest BCUT2D eigenvalue weighted by atomic mass is 10.0. The monoisotopic (exact) mass is 348 g/mol. The smallest absolute Gasteiger partial charge is 0.422 e. The van der Waals surface area contributed by atoms with Crippen LogP contribution in [0, 0.1) is 5.92 Å². The van der Waals surface area contributed by atoms with E-state index in [9.17, 15) is 22.8 Å². The predicted octanol–water partition coefficient (Wildman–Crippen LogP) is 2.34. The number of rotatable bonds is 6. The molecule has 0 aliphatic rings. The standard InChI is InChI=1S/C15H19F3N2O4/c1-8(9(2)19)13(21)20-11-5-4-10(14(22)23-3)6-12(11)24-7-15(16,17)18/h4-6,8-9H,7,19H2,1-3H3,(H,20,21). The SMILES string of the molecule is COC(=O)c1ccc(NC(=O)C(C)C(C)N)c(OCC(F)(F)F)c1. The molecular weight excluding hydrogens is 329 g/mol. The minimum Gasteiger partial charge on any atom is -0.482 e. The number of hydrogen-bond acceptors (Lipinski definition) is 5. The number of halogens is 3. The van der Waals surface area contributed by atoms with Crippen molar-refractivity contribution in [3.63, 3.8) is 0 Å². The third-order valence-electron chi connectivity index (χ3n) is 3.25. The van der Waals surface area contributed by atoms with E-state index in [1.165, 1.54) is 12.1 Å². The van der Waals surface area contributed by atoms with Crippen molar-refractivity contribution in [2.24, 2.45) is 11.7 Å². The number of alkyl halides is 3. The van der Waals surface area contributed by atoms with Gasteiger partial charge in [-0.1, -0.05) is 6.92 Å². The molecule has 9 heteroatoms. The van der Waals surface area contributed by atoms with Crippen LogP contribution in [0.1, 0.15) is 24.2 Å². The first kappa shape index (κ1) is 19.8. The van der Waals surface area contributed by atoms with Gasteiger partial charge in [0.2, 0.25) is 5.91 Å². The Hall–Kier alpha value is -2.29. The molecule has 0 bridgehead atoms. The van der Waals surface area contributed by atoms with Gasteiger partial charge in [0.15, 0.2) is 6.61 Å². The van der Waals surface area contributed by atoms with E-state index >= 15 is 0 Å². The fourth-order valence-corrected chi connectivity index (χ4v) is 1.63. The van der Waals surface area contributed by atoms with Crippen LogP contribution in [0.3, 0.4) is 0 Å². The summed E-state index contributed by atoms with van der Waals surface area (Å²) < 4.78 is 46.3. The first-order valence-corrected chi connectivity index (χ1v) is 7.03. The lowest BCUT2D eigenvalue weighted by Gasteiger charge is -2.18. The van der Waals surface area contributed by atoms with Gasteiger partial charge in [0, 0.05) is 6.04 Å². The first-order valence-electron chi connectivity index (χ1n) is 7.03. The van der Waals surface area contributed by atoms with Crippen LogP contribution in [0.15, 0.2) is 18.2 Å². The van der Waals surface area contributed by atoms with E-state index in [0.717, 1.165) is 13.2 Å². The van der Waals surface area contributed by atoms with Gasteiger partial charge in [0.1, 0.15) is 5.75 Å². The molecule has 1 rings (SSSR count). The number of ether oxygens (including phenoxy) is 2. The Morgan fingerprint density at radius 2 is 1.92 bits per heavy atom. The van der Waals surface area contributed by atoms with Gasteiger partial charge >= 0.3 is 12.1 Å². The second-order valence-electron chi connectivity index (χ2n) is 5.24. The maximum atomic E-state index is 12.4. The van der Waals surface area contributed by atoms with Crippen molar-refractivity contribution in [3.8, 4) is 5.75 Å². The van der Waals surface area contributed by atoms with Gasteiger partial charge in [0.05, 0.1) is 24.3 Å². The van der Waals surface area contributed by atoms with Crippen LogP contribution >= 0.6 is 0 Å². The molecule has 1 aromatic carbocycles. The summed E-state index contributed by atoms with van der Waals surface area (Å²) in [7, 11) is 1.14. The lowest BCUT2D eigenvalue weighted by molar-refractivity contribution is -0.153. The van der Waals surface area contributed by atoms with Crippen molar-refractivity contribution in [1.29, 1.82) is 0 Å². The molecule has 0 aliphatic carbocycles. The Kier molecular flexibility index (Phi) is 6.59. The van der Waals surface area contributed by atoms with Crippen molar-refractivity contribution in [2.45, 2.75) is 26.1 Å². The number of hydrogen-bond donors (Lipinski definition) is 2. The largest absolute Gasteiger partial charge is 0.482 e. The van der Waals surface area contributed by atoms with E-state index in [4.69, 9.17) is 10.5 Å². The molecule has 134 valence electrons. The highest BCUT2D eigenvalue weighted by Crippen LogP contribution is 2.29. The second-order valence-corrected chi connectivity index (χ2v) is 5.24. The van der Waals surface area contributed by atoms with E-state index < -0.39 is 36.6 Å². The molecular formula is C15H19F3N2O4. The molecule has 2 atom stereocenters. The van der Waals surface area contributed by atoms with E-state index in [2.05, 4.69) is 10.1 Å². The summed E-state index contributed by atoms with van der Waals surface area (Å²) in [6.07, 6.45) is -4.57. The maximum Gasteiger partial charge on any atom is 0.422 e. The van der Waals surface area contributed by atoms with Crippen LogP contribution in [0.4, 0.5) is 18.9 Å². The highest BCUT2D eigenvalue weighted by molar-refractivity contribution is 5.96. The second kappa shape index (κ2) is 8.00. The molecule has 0 heterocycles. The van der Waals surface area contributed by atoms with Crippen LogP contribution in [0.2, 0.25) is 0 Å². The number of anilines is 1. The van der Waals surface area contributed by atoms with Gasteiger partial charge in [-0.2, -0.15) is 13.2 Å². The number of esters is 1. The van der Waals surface area contributed by atoms with Crippen LogP contribution in [0.25, 0.3) is 0 Å². The summed E-state index contributed by atoms with van der Waals surface area (Å²) in [6, 6.07) is 3.20. The normalized spacial score (nSPS) is 13.8. The molecule has 0 fully saturated rings. The predicted molar refractivity (Wildman–Crippen MR) is 80.8 cm³/mol. The molecule has 0 aliphatic heterocycles. The van der Waals surface area contributed by atoms with Crippen LogP contribution < -0.4 is 15.8 Å². The number of carbonyl (C=O) groups excluding carboxylic acids is 2. The Morgan fingerprint density at radius 3 is 2.42 bits per heavy atom. The molecule has 0 spiro atoms. The highest BCUT2D eigenvalue weighted by atomic mass is 19.4. The van der Waals surface area contributed by atoms with Crippen molar-refractivity contribution >= 4 is 17.6 Å². The summed E-state index contributed by atoms with van der Waals surface area (Å²) in [4.78, 5) is 23.5. The topological polar surface area (TPSA) is 90.7 Å². The molecule has 1 amide bonds. The minimum atomic E-state index is -4.57. The first-order chi connectivity index (χ1) is 11.0. The molecule has 1 aromatic rings. The number of nitrogens with one attached hydrogen (secondary N) is 1. The van der Waals surface area contributed by atoms with Crippen LogP contribution in [-0.2, 0) is 9.53 Å². The van der Waals surface area contributed by atoms with E-state index in [-0.39, 0.29) is 17.0 Å². The molecule has 6 nitrogen and oxygen atoms in total. The van der Waals surface area contributed by atoms with Crippen molar-refractivity contribution in [3.05, 3.63) is 23.8 Å². The Balaban J connectivity index is 3.08. The number of methoxy groups -OCH3 is 1. The zero-order valence-electron chi connectivity index (χ0n) is 13.4. The maximum absolute atomic E-state index is 12.4. The van der Waals surface area contributed by atoms with Gasteiger partial charge in [-0.05, 0) is 25.1 Å². The Bertz CT molecular complexity index is 603. The van der Waals surface area contributed by atoms with Crippen LogP contribution in [0.5, 0.6) is 5.75 Å². The fourth-order valence-electron chi connectivity index (χ4n) is 1.63. The van der Waals surface area contributed by atoms with E-state index in [1.807, 2.05) is 0 Å². The summed E-state index contributed by atoms with van der Waals surface area (Å²) in [5, 5.41) is 2.45. The average Bonchev–Trinajstić information content (AvgIpc) is 2.51. The van der Waals surface area contributed by atoms with Gasteiger partial charge in [-0.15, -0.1) is 0 Å². The number of benzene rings is 1. The summed E-state index contributed by atoms with van der Waals surface area (Å²) in [5.74, 6) is -2.08. The van der Waals surface area contributed by atoms with E-state index in [0.29, 0.717) is 0 Å². The number of carbonyl (C=O) groups is 2. The minimum absolute atomic E-state index is 0.00408. The van der Waals surface area contributed by atoms with Gasteiger partial charge in [-0.25, -0.2) is 4.79 Å². The summed E-state index contributed by atoms with van der Waals surface area (Å²) in [5.41, 5.74) is 5.62. The Morgan fingerprint density at radius 1 is 1.29 bits per heavy atom. The highest BCUT2D eigenvalue weighted by Gasteiger charge is 2.29. The summed E-state index contributed by atoms with van der Waals surface area (Å²) >= 11 is 0. The lowest BCUT2D eigenvalue weighted by Crippen LogP contribution is -2.34. The summed E-state index contributed by atoms with van der Waals surface area (Å²) in [6.45, 7) is 1.65. The molecule has 0 saturated heterocycles. The van der Waals surface area contributed by atoms with Crippen LogP contribution in [-0.4, -0.2) is 37.8 Å². The third-order valence-corrected chi connectivity index (χ3v) is 3.25. The molecule has 0 saturated carbocycles. The van der Waals surface area contributed by atoms with Crippen molar-refractivity contribution in [1.82, 2.24) is 0 Å². The van der Waals surface area contributed by atoms with Gasteiger partial charge < -0.3 is 20.5 Å². The fraction of sp³-hybridized carbons (Fsp3) is 0.467. The molecule has 24 heavy (non-hydrogen) atoms.